The molecule has 7 nitrogen and oxygen atoms in total. The largest absolute Gasteiger partial charge is 0.475 e. The highest BCUT2D eigenvalue weighted by Gasteiger charge is 2.37. The van der Waals surface area contributed by atoms with Gasteiger partial charge in [0, 0.05) is 6.20 Å². The predicted molar refractivity (Wildman–Crippen MR) is 79.0 cm³/mol. The lowest BCUT2D eigenvalue weighted by Crippen LogP contribution is -2.17. The van der Waals surface area contributed by atoms with Crippen molar-refractivity contribution < 1.29 is 31.1 Å². The SMILES string of the molecule is FC(F)(F)c1cccnc1OCCNc1ccc2nnc(C(F)(F)F)n2n1. The van der Waals surface area contributed by atoms with Crippen molar-refractivity contribution in [3.8, 4) is 5.88 Å². The van der Waals surface area contributed by atoms with Crippen molar-refractivity contribution in [2.45, 2.75) is 12.4 Å². The lowest BCUT2D eigenvalue weighted by molar-refractivity contribution is -0.146. The fraction of sp³-hybridized carbons (Fsp3) is 0.286. The van der Waals surface area contributed by atoms with Gasteiger partial charge in [-0.2, -0.15) is 30.9 Å². The van der Waals surface area contributed by atoms with Crippen LogP contribution in [-0.4, -0.2) is 37.9 Å². The van der Waals surface area contributed by atoms with E-state index in [0.717, 1.165) is 18.3 Å². The third-order valence-electron chi connectivity index (χ3n) is 3.24. The maximum absolute atomic E-state index is 12.8. The molecule has 0 aromatic carbocycles. The van der Waals surface area contributed by atoms with Gasteiger partial charge in [0.05, 0.1) is 6.54 Å². The highest BCUT2D eigenvalue weighted by molar-refractivity contribution is 5.44. The maximum Gasteiger partial charge on any atom is 0.453 e. The summed E-state index contributed by atoms with van der Waals surface area (Å²) < 4.78 is 82.4. The smallest absolute Gasteiger partial charge is 0.453 e. The van der Waals surface area contributed by atoms with Crippen LogP contribution in [0.2, 0.25) is 0 Å². The number of nitrogens with one attached hydrogen (secondary N) is 1. The van der Waals surface area contributed by atoms with Crippen LogP contribution in [0.25, 0.3) is 5.65 Å². The number of hydrogen-bond acceptors (Lipinski definition) is 6. The van der Waals surface area contributed by atoms with Crippen LogP contribution in [0.15, 0.2) is 30.5 Å². The van der Waals surface area contributed by atoms with Gasteiger partial charge < -0.3 is 10.1 Å². The van der Waals surface area contributed by atoms with E-state index in [-0.39, 0.29) is 24.6 Å². The summed E-state index contributed by atoms with van der Waals surface area (Å²) in [5.41, 5.74) is -1.13. The second-order valence-corrected chi connectivity index (χ2v) is 5.14. The molecule has 3 rings (SSSR count). The van der Waals surface area contributed by atoms with Gasteiger partial charge in [-0.05, 0) is 24.3 Å². The van der Waals surface area contributed by atoms with Crippen molar-refractivity contribution >= 4 is 11.5 Å². The Labute approximate surface area is 147 Å². The van der Waals surface area contributed by atoms with Crippen molar-refractivity contribution in [2.75, 3.05) is 18.5 Å². The summed E-state index contributed by atoms with van der Waals surface area (Å²) in [7, 11) is 0. The molecular formula is C14H10F6N6O. The van der Waals surface area contributed by atoms with E-state index in [9.17, 15) is 26.3 Å². The molecule has 1 N–H and O–H groups in total. The summed E-state index contributed by atoms with van der Waals surface area (Å²) in [6, 6.07) is 4.57. The van der Waals surface area contributed by atoms with Crippen LogP contribution in [0.5, 0.6) is 5.88 Å². The van der Waals surface area contributed by atoms with Crippen molar-refractivity contribution in [3.05, 3.63) is 41.9 Å². The molecule has 144 valence electrons. The molecule has 0 atom stereocenters. The first kappa shape index (κ1) is 18.7. The number of ether oxygens (including phenoxy) is 1. The van der Waals surface area contributed by atoms with E-state index in [0.29, 0.717) is 4.52 Å². The summed E-state index contributed by atoms with van der Waals surface area (Å²) >= 11 is 0. The first-order chi connectivity index (χ1) is 12.7. The number of halogens is 6. The van der Waals surface area contributed by atoms with Crippen LogP contribution >= 0.6 is 0 Å². The minimum absolute atomic E-state index is 0.0319. The van der Waals surface area contributed by atoms with Gasteiger partial charge in [0.2, 0.25) is 5.88 Å². The molecule has 0 amide bonds. The van der Waals surface area contributed by atoms with E-state index in [4.69, 9.17) is 4.74 Å². The van der Waals surface area contributed by atoms with Gasteiger partial charge in [-0.15, -0.1) is 15.3 Å². The minimum atomic E-state index is -4.73. The van der Waals surface area contributed by atoms with Crippen LogP contribution in [0.4, 0.5) is 32.2 Å². The van der Waals surface area contributed by atoms with E-state index < -0.39 is 29.6 Å². The number of anilines is 1. The average Bonchev–Trinajstić information content (AvgIpc) is 3.01. The Morgan fingerprint density at radius 2 is 1.78 bits per heavy atom. The minimum Gasteiger partial charge on any atom is -0.475 e. The quantitative estimate of drug-likeness (QED) is 0.531. The van der Waals surface area contributed by atoms with Crippen molar-refractivity contribution in [1.82, 2.24) is 24.8 Å². The molecule has 3 aromatic rings. The Morgan fingerprint density at radius 3 is 2.48 bits per heavy atom. The highest BCUT2D eigenvalue weighted by Crippen LogP contribution is 2.34. The molecule has 0 bridgehead atoms. The molecule has 0 saturated heterocycles. The molecule has 13 heteroatoms. The molecule has 0 aliphatic rings. The molecule has 27 heavy (non-hydrogen) atoms. The van der Waals surface area contributed by atoms with Gasteiger partial charge in [0.15, 0.2) is 5.65 Å². The van der Waals surface area contributed by atoms with E-state index in [2.05, 4.69) is 25.6 Å². The van der Waals surface area contributed by atoms with Crippen LogP contribution in [0.1, 0.15) is 11.4 Å². The third kappa shape index (κ3) is 4.17. The Kier molecular flexibility index (Phi) is 4.76. The number of alkyl halides is 6. The van der Waals surface area contributed by atoms with Crippen LogP contribution in [0, 0.1) is 0 Å². The Balaban J connectivity index is 1.65. The Bertz CT molecular complexity index is 938. The fourth-order valence-electron chi connectivity index (χ4n) is 2.11. The van der Waals surface area contributed by atoms with Gasteiger partial charge in [0.1, 0.15) is 18.0 Å². The summed E-state index contributed by atoms with van der Waals surface area (Å²) in [4.78, 5) is 3.53. The summed E-state index contributed by atoms with van der Waals surface area (Å²) in [6.45, 7) is -0.260. The summed E-state index contributed by atoms with van der Waals surface area (Å²) in [5.74, 6) is -1.84. The molecule has 3 heterocycles. The lowest BCUT2D eigenvalue weighted by Gasteiger charge is -2.13. The van der Waals surface area contributed by atoms with Crippen LogP contribution in [0.3, 0.4) is 0 Å². The third-order valence-corrected chi connectivity index (χ3v) is 3.24. The molecule has 3 aromatic heterocycles. The second-order valence-electron chi connectivity index (χ2n) is 5.14. The Hall–Kier alpha value is -3.12. The maximum atomic E-state index is 12.8. The summed E-state index contributed by atoms with van der Waals surface area (Å²) in [5, 5.41) is 12.8. The normalized spacial score (nSPS) is 12.4. The second kappa shape index (κ2) is 6.89. The van der Waals surface area contributed by atoms with Gasteiger partial charge >= 0.3 is 12.4 Å². The molecule has 0 fully saturated rings. The molecule has 0 radical (unpaired) electrons. The summed E-state index contributed by atoms with van der Waals surface area (Å²) in [6.07, 6.45) is -8.20. The van der Waals surface area contributed by atoms with Gasteiger partial charge in [-0.1, -0.05) is 0 Å². The zero-order chi connectivity index (χ0) is 19.7. The number of nitrogens with zero attached hydrogens (tertiary/aromatic N) is 5. The van der Waals surface area contributed by atoms with Crippen molar-refractivity contribution in [2.24, 2.45) is 0 Å². The van der Waals surface area contributed by atoms with Gasteiger partial charge in [-0.3, -0.25) is 0 Å². The van der Waals surface area contributed by atoms with E-state index in [1.54, 1.807) is 0 Å². The van der Waals surface area contributed by atoms with E-state index >= 15 is 0 Å². The molecule has 0 aliphatic carbocycles. The number of aromatic nitrogens is 5. The zero-order valence-electron chi connectivity index (χ0n) is 13.2. The van der Waals surface area contributed by atoms with Crippen LogP contribution in [-0.2, 0) is 12.4 Å². The zero-order valence-corrected chi connectivity index (χ0v) is 13.2. The molecular weight excluding hydrogens is 382 g/mol. The molecule has 0 saturated carbocycles. The number of pyridine rings is 1. The van der Waals surface area contributed by atoms with Gasteiger partial charge in [0.25, 0.3) is 5.82 Å². The number of rotatable bonds is 5. The first-order valence-corrected chi connectivity index (χ1v) is 7.35. The molecule has 0 unspecified atom stereocenters. The highest BCUT2D eigenvalue weighted by atomic mass is 19.4. The average molecular weight is 392 g/mol. The number of fused-ring (bicyclic) bond motifs is 1. The molecule has 0 spiro atoms. The molecule has 0 aliphatic heterocycles. The lowest BCUT2D eigenvalue weighted by atomic mass is 10.2. The monoisotopic (exact) mass is 392 g/mol. The van der Waals surface area contributed by atoms with Gasteiger partial charge in [-0.25, -0.2) is 4.98 Å². The van der Waals surface area contributed by atoms with Crippen molar-refractivity contribution in [1.29, 1.82) is 0 Å². The standard InChI is InChI=1S/C14H10F6N6O/c15-13(16,17)8-2-1-5-22-11(8)27-7-6-21-9-3-4-10-23-24-12(14(18,19)20)26(10)25-9/h1-5H,6-7H2,(H,21,25). The van der Waals surface area contributed by atoms with Crippen molar-refractivity contribution in [3.63, 3.8) is 0 Å². The topological polar surface area (TPSA) is 77.2 Å². The first-order valence-electron chi connectivity index (χ1n) is 7.35. The van der Waals surface area contributed by atoms with E-state index in [1.807, 2.05) is 0 Å². The fourth-order valence-corrected chi connectivity index (χ4v) is 2.11. The van der Waals surface area contributed by atoms with E-state index in [1.165, 1.54) is 12.1 Å². The number of hydrogen-bond donors (Lipinski definition) is 1. The Morgan fingerprint density at radius 1 is 1.00 bits per heavy atom. The predicted octanol–water partition coefficient (Wildman–Crippen LogP) is 3.05. The van der Waals surface area contributed by atoms with Crippen LogP contribution < -0.4 is 10.1 Å².